The zero-order valence-electron chi connectivity index (χ0n) is 10.7. The van der Waals surface area contributed by atoms with Crippen molar-refractivity contribution in [1.29, 1.82) is 5.26 Å². The average Bonchev–Trinajstić information content (AvgIpc) is 2.35. The summed E-state index contributed by atoms with van der Waals surface area (Å²) in [4.78, 5) is 14.0. The maximum Gasteiger partial charge on any atom is 0.244 e. The molecule has 2 rings (SSSR count). The van der Waals surface area contributed by atoms with Gasteiger partial charge in [0.2, 0.25) is 5.91 Å². The Kier molecular flexibility index (Phi) is 3.99. The molecule has 1 atom stereocenters. The monoisotopic (exact) mass is 242 g/mol. The number of carbonyl (C=O) groups is 1. The first-order valence-corrected chi connectivity index (χ1v) is 6.42. The molecule has 3 heteroatoms. The number of rotatable bonds is 4. The molecule has 0 radical (unpaired) electrons. The molecule has 3 nitrogen and oxygen atoms in total. The predicted octanol–water partition coefficient (Wildman–Crippen LogP) is 2.55. The van der Waals surface area contributed by atoms with E-state index < -0.39 is 5.92 Å². The van der Waals surface area contributed by atoms with Crippen LogP contribution in [0.1, 0.15) is 30.7 Å². The molecule has 94 valence electrons. The van der Waals surface area contributed by atoms with Gasteiger partial charge in [-0.3, -0.25) is 4.79 Å². The van der Waals surface area contributed by atoms with Crippen molar-refractivity contribution in [3.63, 3.8) is 0 Å². The Hall–Kier alpha value is -1.82. The molecule has 1 aromatic carbocycles. The number of nitriles is 1. The summed E-state index contributed by atoms with van der Waals surface area (Å²) in [5.74, 6) is -0.124. The number of likely N-dealkylation sites (N-methyl/N-ethyl adjacent to an activating group) is 1. The Bertz CT molecular complexity index is 445. The van der Waals surface area contributed by atoms with E-state index in [9.17, 15) is 10.1 Å². The fraction of sp³-hybridized carbons (Fsp3) is 0.467. The van der Waals surface area contributed by atoms with Crippen LogP contribution in [0.5, 0.6) is 0 Å². The second kappa shape index (κ2) is 5.68. The Morgan fingerprint density at radius 1 is 1.44 bits per heavy atom. The Morgan fingerprint density at radius 2 is 2.11 bits per heavy atom. The maximum absolute atomic E-state index is 12.3. The summed E-state index contributed by atoms with van der Waals surface area (Å²) in [6, 6.07) is 11.4. The van der Waals surface area contributed by atoms with Crippen LogP contribution in [0.15, 0.2) is 30.3 Å². The molecule has 0 saturated heterocycles. The van der Waals surface area contributed by atoms with Crippen molar-refractivity contribution in [1.82, 2.24) is 4.90 Å². The van der Waals surface area contributed by atoms with Crippen molar-refractivity contribution in [2.45, 2.75) is 25.2 Å². The fourth-order valence-electron chi connectivity index (χ4n) is 2.29. The van der Waals surface area contributed by atoms with Crippen molar-refractivity contribution >= 4 is 5.91 Å². The lowest BCUT2D eigenvalue weighted by Gasteiger charge is -2.31. The lowest BCUT2D eigenvalue weighted by atomic mass is 9.85. The van der Waals surface area contributed by atoms with Crippen LogP contribution in [0.3, 0.4) is 0 Å². The third kappa shape index (κ3) is 2.70. The minimum Gasteiger partial charge on any atom is -0.344 e. The Labute approximate surface area is 108 Å². The van der Waals surface area contributed by atoms with Gasteiger partial charge in [-0.05, 0) is 24.3 Å². The van der Waals surface area contributed by atoms with Gasteiger partial charge in [-0.25, -0.2) is 0 Å². The van der Waals surface area contributed by atoms with Gasteiger partial charge in [-0.15, -0.1) is 0 Å². The fourth-order valence-corrected chi connectivity index (χ4v) is 2.29. The molecule has 1 unspecified atom stereocenters. The summed E-state index contributed by atoms with van der Waals surface area (Å²) in [6.45, 7) is 0.782. The molecule has 18 heavy (non-hydrogen) atoms. The van der Waals surface area contributed by atoms with E-state index in [0.717, 1.165) is 12.1 Å². The van der Waals surface area contributed by atoms with Gasteiger partial charge in [0.25, 0.3) is 0 Å². The largest absolute Gasteiger partial charge is 0.344 e. The van der Waals surface area contributed by atoms with Crippen molar-refractivity contribution in [2.24, 2.45) is 5.92 Å². The van der Waals surface area contributed by atoms with Crippen molar-refractivity contribution in [3.8, 4) is 6.07 Å². The molecule has 1 aliphatic carbocycles. The SMILES string of the molecule is CN(CC1CCC1)C(=O)C(C#N)c1ccccc1. The smallest absolute Gasteiger partial charge is 0.244 e. The van der Waals surface area contributed by atoms with Gasteiger partial charge in [-0.1, -0.05) is 36.8 Å². The molecule has 0 aliphatic heterocycles. The lowest BCUT2D eigenvalue weighted by Crippen LogP contribution is -2.37. The molecule has 0 N–H and O–H groups in total. The predicted molar refractivity (Wildman–Crippen MR) is 69.8 cm³/mol. The van der Waals surface area contributed by atoms with Crippen LogP contribution in [0.2, 0.25) is 0 Å². The number of benzene rings is 1. The van der Waals surface area contributed by atoms with Crippen molar-refractivity contribution in [2.75, 3.05) is 13.6 Å². The second-order valence-electron chi connectivity index (χ2n) is 4.99. The van der Waals surface area contributed by atoms with Gasteiger partial charge in [0.05, 0.1) is 6.07 Å². The summed E-state index contributed by atoms with van der Waals surface area (Å²) >= 11 is 0. The standard InChI is InChI=1S/C15H18N2O/c1-17(11-12-6-5-7-12)15(18)14(10-16)13-8-3-2-4-9-13/h2-4,8-9,12,14H,5-7,11H2,1H3. The molecule has 1 fully saturated rings. The number of amides is 1. The van der Waals surface area contributed by atoms with E-state index in [2.05, 4.69) is 6.07 Å². The van der Waals surface area contributed by atoms with Gasteiger partial charge in [0.1, 0.15) is 5.92 Å². The first-order chi connectivity index (χ1) is 8.72. The molecule has 1 aromatic rings. The van der Waals surface area contributed by atoms with Crippen LogP contribution in [0, 0.1) is 17.2 Å². The van der Waals surface area contributed by atoms with Crippen LogP contribution >= 0.6 is 0 Å². The molecular weight excluding hydrogens is 224 g/mol. The topological polar surface area (TPSA) is 44.1 Å². The van der Waals surface area contributed by atoms with Gasteiger partial charge in [0, 0.05) is 13.6 Å². The minimum absolute atomic E-state index is 0.0874. The van der Waals surface area contributed by atoms with Gasteiger partial charge >= 0.3 is 0 Å². The van der Waals surface area contributed by atoms with Gasteiger partial charge in [-0.2, -0.15) is 5.26 Å². The van der Waals surface area contributed by atoms with Gasteiger partial charge in [0.15, 0.2) is 0 Å². The highest BCUT2D eigenvalue weighted by atomic mass is 16.2. The average molecular weight is 242 g/mol. The molecule has 0 aromatic heterocycles. The van der Waals surface area contributed by atoms with Crippen LogP contribution < -0.4 is 0 Å². The van der Waals surface area contributed by atoms with Crippen LogP contribution in [-0.4, -0.2) is 24.4 Å². The zero-order valence-corrected chi connectivity index (χ0v) is 10.7. The van der Waals surface area contributed by atoms with Crippen molar-refractivity contribution < 1.29 is 4.79 Å². The quantitative estimate of drug-likeness (QED) is 0.814. The van der Waals surface area contributed by atoms with E-state index in [4.69, 9.17) is 0 Å². The summed E-state index contributed by atoms with van der Waals surface area (Å²) < 4.78 is 0. The highest BCUT2D eigenvalue weighted by molar-refractivity contribution is 5.86. The normalized spacial score (nSPS) is 16.4. The molecule has 0 heterocycles. The molecule has 0 bridgehead atoms. The Balaban J connectivity index is 2.03. The van der Waals surface area contributed by atoms with E-state index in [0.29, 0.717) is 5.92 Å². The van der Waals surface area contributed by atoms with E-state index in [1.165, 1.54) is 19.3 Å². The lowest BCUT2D eigenvalue weighted by molar-refractivity contribution is -0.131. The molecule has 0 spiro atoms. The molecular formula is C15H18N2O. The first-order valence-electron chi connectivity index (χ1n) is 6.42. The van der Waals surface area contributed by atoms with E-state index in [1.54, 1.807) is 11.9 Å². The Morgan fingerprint density at radius 3 is 2.61 bits per heavy atom. The molecule has 1 amide bonds. The summed E-state index contributed by atoms with van der Waals surface area (Å²) in [5.41, 5.74) is 0.783. The second-order valence-corrected chi connectivity index (χ2v) is 4.99. The van der Waals surface area contributed by atoms with E-state index in [-0.39, 0.29) is 5.91 Å². The van der Waals surface area contributed by atoms with Crippen molar-refractivity contribution in [3.05, 3.63) is 35.9 Å². The summed E-state index contributed by atoms with van der Waals surface area (Å²) in [6.07, 6.45) is 3.69. The van der Waals surface area contributed by atoms with Crippen LogP contribution in [0.4, 0.5) is 0 Å². The highest BCUT2D eigenvalue weighted by Crippen LogP contribution is 2.27. The third-order valence-electron chi connectivity index (χ3n) is 3.64. The summed E-state index contributed by atoms with van der Waals surface area (Å²) in [7, 11) is 1.80. The van der Waals surface area contributed by atoms with Crippen LogP contribution in [-0.2, 0) is 4.79 Å². The van der Waals surface area contributed by atoms with E-state index >= 15 is 0 Å². The summed E-state index contributed by atoms with van der Waals surface area (Å²) in [5, 5.41) is 9.21. The van der Waals surface area contributed by atoms with Gasteiger partial charge < -0.3 is 4.90 Å². The molecule has 1 saturated carbocycles. The van der Waals surface area contributed by atoms with E-state index in [1.807, 2.05) is 30.3 Å². The maximum atomic E-state index is 12.3. The van der Waals surface area contributed by atoms with Crippen LogP contribution in [0.25, 0.3) is 0 Å². The number of carbonyl (C=O) groups excluding carboxylic acids is 1. The zero-order chi connectivity index (χ0) is 13.0. The number of nitrogens with zero attached hydrogens (tertiary/aromatic N) is 2. The molecule has 1 aliphatic rings. The highest BCUT2D eigenvalue weighted by Gasteiger charge is 2.27. The third-order valence-corrected chi connectivity index (χ3v) is 3.64. The minimum atomic E-state index is -0.670. The number of hydrogen-bond acceptors (Lipinski definition) is 2. The number of hydrogen-bond donors (Lipinski definition) is 0. The first kappa shape index (κ1) is 12.6.